The van der Waals surface area contributed by atoms with Gasteiger partial charge in [-0.15, -0.1) is 0 Å². The van der Waals surface area contributed by atoms with Gasteiger partial charge in [-0.25, -0.2) is 0 Å². The molecule has 94 valence electrons. The van der Waals surface area contributed by atoms with Gasteiger partial charge in [0.15, 0.2) is 0 Å². The van der Waals surface area contributed by atoms with Crippen molar-refractivity contribution in [3.8, 4) is 0 Å². The molecule has 0 aromatic carbocycles. The minimum atomic E-state index is -0.824. The molecule has 5 nitrogen and oxygen atoms in total. The van der Waals surface area contributed by atoms with Crippen molar-refractivity contribution in [1.29, 1.82) is 0 Å². The van der Waals surface area contributed by atoms with Gasteiger partial charge in [0.05, 0.1) is 11.6 Å². The van der Waals surface area contributed by atoms with E-state index in [1.165, 1.54) is 0 Å². The number of nitrogens with two attached hydrogens (primary N) is 1. The number of nitrogens with one attached hydrogen (secondary N) is 1. The standard InChI is InChI=1S/C11H22N2O3/c1-8(2)9(14)7-13-10(15)11(12)3-5-16-6-4-11/h8-9,14H,3-7,12H2,1-2H3,(H,13,15). The molecular formula is C11H22N2O3. The summed E-state index contributed by atoms with van der Waals surface area (Å²) in [7, 11) is 0. The van der Waals surface area contributed by atoms with Crippen molar-refractivity contribution < 1.29 is 14.6 Å². The summed E-state index contributed by atoms with van der Waals surface area (Å²) >= 11 is 0. The number of carbonyl (C=O) groups is 1. The molecule has 0 radical (unpaired) electrons. The molecular weight excluding hydrogens is 208 g/mol. The van der Waals surface area contributed by atoms with Gasteiger partial charge in [-0.1, -0.05) is 13.8 Å². The Labute approximate surface area is 96.3 Å². The highest BCUT2D eigenvalue weighted by Crippen LogP contribution is 2.17. The van der Waals surface area contributed by atoms with E-state index in [2.05, 4.69) is 5.32 Å². The van der Waals surface area contributed by atoms with Gasteiger partial charge in [-0.05, 0) is 18.8 Å². The lowest BCUT2D eigenvalue weighted by Gasteiger charge is -2.32. The number of hydrogen-bond donors (Lipinski definition) is 3. The number of aliphatic hydroxyl groups is 1. The summed E-state index contributed by atoms with van der Waals surface area (Å²) < 4.78 is 5.17. The number of aliphatic hydroxyl groups excluding tert-OH is 1. The summed E-state index contributed by atoms with van der Waals surface area (Å²) in [5.41, 5.74) is 5.17. The van der Waals surface area contributed by atoms with E-state index in [1.807, 2.05) is 13.8 Å². The fourth-order valence-electron chi connectivity index (χ4n) is 1.57. The van der Waals surface area contributed by atoms with Crippen molar-refractivity contribution in [3.63, 3.8) is 0 Å². The molecule has 1 unspecified atom stereocenters. The lowest BCUT2D eigenvalue weighted by Crippen LogP contribution is -2.57. The van der Waals surface area contributed by atoms with Crippen LogP contribution in [-0.4, -0.2) is 42.4 Å². The Morgan fingerprint density at radius 2 is 2.06 bits per heavy atom. The summed E-state index contributed by atoms with van der Waals surface area (Å²) in [6.45, 7) is 5.12. The first-order chi connectivity index (χ1) is 7.46. The average Bonchev–Trinajstić information content (AvgIpc) is 2.26. The molecule has 1 amide bonds. The molecule has 1 aliphatic heterocycles. The molecule has 0 saturated carbocycles. The van der Waals surface area contributed by atoms with Crippen molar-refractivity contribution in [2.45, 2.75) is 38.3 Å². The number of hydrogen-bond acceptors (Lipinski definition) is 4. The summed E-state index contributed by atoms with van der Waals surface area (Å²) in [6, 6.07) is 0. The van der Waals surface area contributed by atoms with Crippen LogP contribution >= 0.6 is 0 Å². The van der Waals surface area contributed by atoms with Crippen LogP contribution in [0.15, 0.2) is 0 Å². The largest absolute Gasteiger partial charge is 0.391 e. The lowest BCUT2D eigenvalue weighted by molar-refractivity contribution is -0.130. The number of carbonyl (C=O) groups excluding carboxylic acids is 1. The maximum atomic E-state index is 11.8. The molecule has 1 heterocycles. The summed E-state index contributed by atoms with van der Waals surface area (Å²) in [6.07, 6.45) is 0.556. The Morgan fingerprint density at radius 1 is 1.50 bits per heavy atom. The molecule has 0 aromatic heterocycles. The molecule has 16 heavy (non-hydrogen) atoms. The number of ether oxygens (including phenoxy) is 1. The van der Waals surface area contributed by atoms with Crippen LogP contribution in [0.3, 0.4) is 0 Å². The zero-order valence-electron chi connectivity index (χ0n) is 10.0. The Hall–Kier alpha value is -0.650. The van der Waals surface area contributed by atoms with E-state index in [0.717, 1.165) is 0 Å². The van der Waals surface area contributed by atoms with E-state index >= 15 is 0 Å². The lowest BCUT2D eigenvalue weighted by atomic mass is 9.90. The molecule has 1 saturated heterocycles. The van der Waals surface area contributed by atoms with Gasteiger partial charge in [0, 0.05) is 19.8 Å². The Kier molecular flexibility index (Phi) is 4.70. The highest BCUT2D eigenvalue weighted by Gasteiger charge is 2.35. The maximum absolute atomic E-state index is 11.8. The monoisotopic (exact) mass is 230 g/mol. The molecule has 0 aliphatic carbocycles. The van der Waals surface area contributed by atoms with Crippen molar-refractivity contribution in [2.24, 2.45) is 11.7 Å². The SMILES string of the molecule is CC(C)C(O)CNC(=O)C1(N)CCOCC1. The predicted molar refractivity (Wildman–Crippen MR) is 60.8 cm³/mol. The molecule has 0 bridgehead atoms. The van der Waals surface area contributed by atoms with Gasteiger partial charge in [-0.3, -0.25) is 4.79 Å². The molecule has 1 aliphatic rings. The first-order valence-corrected chi connectivity index (χ1v) is 5.79. The van der Waals surface area contributed by atoms with E-state index in [4.69, 9.17) is 10.5 Å². The maximum Gasteiger partial charge on any atom is 0.240 e. The second kappa shape index (κ2) is 5.61. The minimum Gasteiger partial charge on any atom is -0.391 e. The Balaban J connectivity index is 2.39. The third kappa shape index (κ3) is 3.43. The normalized spacial score (nSPS) is 21.8. The van der Waals surface area contributed by atoms with Crippen molar-refractivity contribution in [3.05, 3.63) is 0 Å². The minimum absolute atomic E-state index is 0.128. The summed E-state index contributed by atoms with van der Waals surface area (Å²) in [4.78, 5) is 11.8. The van der Waals surface area contributed by atoms with E-state index in [1.54, 1.807) is 0 Å². The van der Waals surface area contributed by atoms with E-state index in [-0.39, 0.29) is 18.4 Å². The van der Waals surface area contributed by atoms with Gasteiger partial charge < -0.3 is 20.9 Å². The van der Waals surface area contributed by atoms with Crippen LogP contribution in [0.25, 0.3) is 0 Å². The van der Waals surface area contributed by atoms with Crippen LogP contribution in [0.5, 0.6) is 0 Å². The third-order valence-electron chi connectivity index (χ3n) is 3.08. The Bertz CT molecular complexity index is 237. The second-order valence-corrected chi connectivity index (χ2v) is 4.79. The van der Waals surface area contributed by atoms with Crippen LogP contribution in [-0.2, 0) is 9.53 Å². The van der Waals surface area contributed by atoms with Gasteiger partial charge in [0.25, 0.3) is 0 Å². The van der Waals surface area contributed by atoms with Crippen LogP contribution in [0.1, 0.15) is 26.7 Å². The van der Waals surface area contributed by atoms with Crippen molar-refractivity contribution in [2.75, 3.05) is 19.8 Å². The van der Waals surface area contributed by atoms with Gasteiger partial charge in [0.1, 0.15) is 0 Å². The first kappa shape index (κ1) is 13.4. The highest BCUT2D eigenvalue weighted by atomic mass is 16.5. The van der Waals surface area contributed by atoms with E-state index in [0.29, 0.717) is 26.1 Å². The molecule has 5 heteroatoms. The topological polar surface area (TPSA) is 84.6 Å². The molecule has 0 spiro atoms. The molecule has 1 atom stereocenters. The molecule has 0 aromatic rings. The number of amides is 1. The first-order valence-electron chi connectivity index (χ1n) is 5.79. The quantitative estimate of drug-likeness (QED) is 0.615. The fourth-order valence-corrected chi connectivity index (χ4v) is 1.57. The third-order valence-corrected chi connectivity index (χ3v) is 3.08. The van der Waals surface area contributed by atoms with Crippen molar-refractivity contribution in [1.82, 2.24) is 5.32 Å². The molecule has 1 fully saturated rings. The van der Waals surface area contributed by atoms with Gasteiger partial charge >= 0.3 is 0 Å². The van der Waals surface area contributed by atoms with Crippen LogP contribution in [0.2, 0.25) is 0 Å². The zero-order chi connectivity index (χ0) is 12.2. The molecule has 1 rings (SSSR count). The van der Waals surface area contributed by atoms with E-state index in [9.17, 15) is 9.90 Å². The van der Waals surface area contributed by atoms with Crippen LogP contribution in [0.4, 0.5) is 0 Å². The highest BCUT2D eigenvalue weighted by molar-refractivity contribution is 5.86. The summed E-state index contributed by atoms with van der Waals surface area (Å²) in [5, 5.41) is 12.3. The summed E-state index contributed by atoms with van der Waals surface area (Å²) in [5.74, 6) is -0.0563. The molecule has 4 N–H and O–H groups in total. The number of rotatable bonds is 4. The van der Waals surface area contributed by atoms with Crippen LogP contribution in [0, 0.1) is 5.92 Å². The predicted octanol–water partition coefficient (Wildman–Crippen LogP) is -0.373. The average molecular weight is 230 g/mol. The van der Waals surface area contributed by atoms with E-state index < -0.39 is 11.6 Å². The van der Waals surface area contributed by atoms with Crippen molar-refractivity contribution >= 4 is 5.91 Å². The van der Waals surface area contributed by atoms with Crippen LogP contribution < -0.4 is 11.1 Å². The Morgan fingerprint density at radius 3 is 2.56 bits per heavy atom. The smallest absolute Gasteiger partial charge is 0.240 e. The zero-order valence-corrected chi connectivity index (χ0v) is 10.0. The van der Waals surface area contributed by atoms with Gasteiger partial charge in [-0.2, -0.15) is 0 Å². The second-order valence-electron chi connectivity index (χ2n) is 4.79. The van der Waals surface area contributed by atoms with Gasteiger partial charge in [0.2, 0.25) is 5.91 Å². The fraction of sp³-hybridized carbons (Fsp3) is 0.909.